The molecule has 0 radical (unpaired) electrons. The van der Waals surface area contributed by atoms with Gasteiger partial charge in [-0.05, 0) is 67.7 Å². The second-order valence-corrected chi connectivity index (χ2v) is 7.63. The smallest absolute Gasteiger partial charge is 0.0902 e. The first-order chi connectivity index (χ1) is 12.0. The van der Waals surface area contributed by atoms with E-state index in [0.717, 1.165) is 38.0 Å². The van der Waals surface area contributed by atoms with Gasteiger partial charge >= 0.3 is 0 Å². The van der Waals surface area contributed by atoms with Crippen LogP contribution in [0.3, 0.4) is 0 Å². The van der Waals surface area contributed by atoms with Crippen molar-refractivity contribution in [3.63, 3.8) is 0 Å². The van der Waals surface area contributed by atoms with Crippen molar-refractivity contribution in [2.45, 2.75) is 44.9 Å². The van der Waals surface area contributed by atoms with Crippen molar-refractivity contribution in [1.29, 1.82) is 0 Å². The predicted molar refractivity (Wildman–Crippen MR) is 102 cm³/mol. The van der Waals surface area contributed by atoms with Crippen LogP contribution in [0.25, 0.3) is 6.08 Å². The second-order valence-electron chi connectivity index (χ2n) is 7.63. The second kappa shape index (κ2) is 6.48. The lowest BCUT2D eigenvalue weighted by molar-refractivity contribution is 0.0610. The number of hydrogen-bond donors (Lipinski definition) is 3. The molecule has 5 heteroatoms. The Kier molecular flexibility index (Phi) is 4.31. The van der Waals surface area contributed by atoms with E-state index >= 15 is 0 Å². The summed E-state index contributed by atoms with van der Waals surface area (Å²) in [7, 11) is 2.07. The highest BCUT2D eigenvalue weighted by Crippen LogP contribution is 2.35. The van der Waals surface area contributed by atoms with Gasteiger partial charge in [0.15, 0.2) is 0 Å². The van der Waals surface area contributed by atoms with E-state index in [0.29, 0.717) is 5.92 Å². The summed E-state index contributed by atoms with van der Waals surface area (Å²) >= 11 is 0. The molecule has 1 fully saturated rings. The van der Waals surface area contributed by atoms with Crippen LogP contribution in [0.5, 0.6) is 0 Å². The van der Waals surface area contributed by atoms with Gasteiger partial charge in [0.1, 0.15) is 0 Å². The van der Waals surface area contributed by atoms with Crippen LogP contribution in [-0.2, 0) is 6.42 Å². The maximum absolute atomic E-state index is 6.38. The molecule has 1 saturated heterocycles. The molecule has 0 spiro atoms. The molecule has 1 aromatic rings. The number of hydrogen-bond acceptors (Lipinski definition) is 4. The summed E-state index contributed by atoms with van der Waals surface area (Å²) in [6.07, 6.45) is 13.5. The molecule has 3 aliphatic rings. The molecule has 0 aromatic carbocycles. The number of nitrogens with one attached hydrogen (secondary N) is 1. The third kappa shape index (κ3) is 2.97. The van der Waals surface area contributed by atoms with Gasteiger partial charge in [-0.3, -0.25) is 10.2 Å². The van der Waals surface area contributed by atoms with Crippen LogP contribution in [0.1, 0.15) is 43.6 Å². The topological polar surface area (TPSA) is 72.2 Å². The van der Waals surface area contributed by atoms with Gasteiger partial charge in [-0.15, -0.1) is 0 Å². The van der Waals surface area contributed by atoms with Crippen LogP contribution in [0, 0.1) is 5.92 Å². The van der Waals surface area contributed by atoms with Gasteiger partial charge in [0.2, 0.25) is 0 Å². The number of nitrogens with zero attached hydrogens (tertiary/aromatic N) is 2. The molecule has 134 valence electrons. The Labute approximate surface area is 150 Å². The highest BCUT2D eigenvalue weighted by atomic mass is 15.4. The van der Waals surface area contributed by atoms with E-state index in [4.69, 9.17) is 11.5 Å². The highest BCUT2D eigenvalue weighted by Gasteiger charge is 2.33. The van der Waals surface area contributed by atoms with E-state index in [9.17, 15) is 0 Å². The molecule has 5 N–H and O–H groups in total. The van der Waals surface area contributed by atoms with Crippen LogP contribution in [-0.4, -0.2) is 29.3 Å². The van der Waals surface area contributed by atoms with E-state index < -0.39 is 0 Å². The summed E-state index contributed by atoms with van der Waals surface area (Å²) in [5.41, 5.74) is 18.9. The lowest BCUT2D eigenvalue weighted by atomic mass is 9.87. The number of aryl methyl sites for hydroxylation is 1. The molecule has 4 rings (SSSR count). The van der Waals surface area contributed by atoms with Gasteiger partial charge in [-0.2, -0.15) is 0 Å². The monoisotopic (exact) mass is 339 g/mol. The highest BCUT2D eigenvalue weighted by molar-refractivity contribution is 5.63. The van der Waals surface area contributed by atoms with Crippen molar-refractivity contribution < 1.29 is 0 Å². The third-order valence-electron chi connectivity index (χ3n) is 5.96. The Balaban J connectivity index is 1.67. The molecular weight excluding hydrogens is 310 g/mol. The number of nitrogens with two attached hydrogens (primary N) is 2. The van der Waals surface area contributed by atoms with Crippen molar-refractivity contribution in [1.82, 2.24) is 14.8 Å². The number of rotatable bonds is 2. The van der Waals surface area contributed by atoms with Gasteiger partial charge < -0.3 is 16.0 Å². The van der Waals surface area contributed by atoms with E-state index in [1.54, 1.807) is 0 Å². The fourth-order valence-corrected chi connectivity index (χ4v) is 4.33. The van der Waals surface area contributed by atoms with Gasteiger partial charge in [0, 0.05) is 23.5 Å². The number of allylic oxidation sites excluding steroid dienone is 4. The van der Waals surface area contributed by atoms with E-state index in [1.807, 2.05) is 0 Å². The fraction of sp³-hybridized carbons (Fsp3) is 0.500. The Hall–Kier alpha value is -1.82. The summed E-state index contributed by atoms with van der Waals surface area (Å²) in [5.74, 6) is 0.335. The molecule has 1 aromatic heterocycles. The number of aromatic nitrogens is 1. The van der Waals surface area contributed by atoms with Crippen molar-refractivity contribution in [2.75, 3.05) is 13.7 Å². The van der Waals surface area contributed by atoms with E-state index in [-0.39, 0.29) is 12.3 Å². The standard InChI is InChI=1S/C20H29N5/c1-13-19(22)24(2)12-23-20(13)25-9-8-14-6-7-16(11-18(14)25)15-4-3-5-17(21)10-15/h5,8-11,13,19-20,23H,3-4,6-7,12,21-22H2,1-2H3. The van der Waals surface area contributed by atoms with Crippen LogP contribution >= 0.6 is 0 Å². The minimum atomic E-state index is 0.0716. The molecule has 0 saturated carbocycles. The van der Waals surface area contributed by atoms with Crippen LogP contribution in [0.2, 0.25) is 0 Å². The Morgan fingerprint density at radius 1 is 1.16 bits per heavy atom. The molecule has 0 bridgehead atoms. The Bertz CT molecular complexity index is 754. The maximum Gasteiger partial charge on any atom is 0.0902 e. The lowest BCUT2D eigenvalue weighted by Crippen LogP contribution is -2.58. The lowest BCUT2D eigenvalue weighted by Gasteiger charge is -2.42. The molecule has 1 aliphatic heterocycles. The van der Waals surface area contributed by atoms with E-state index in [2.05, 4.69) is 59.2 Å². The summed E-state index contributed by atoms with van der Waals surface area (Å²) < 4.78 is 2.38. The molecule has 2 heterocycles. The minimum Gasteiger partial charge on any atom is -0.399 e. The van der Waals surface area contributed by atoms with Crippen molar-refractivity contribution >= 4 is 6.08 Å². The SMILES string of the molecule is CC1C(N)N(C)CNC1n1ccc2c1C=C(C1=CC(N)=CCC1)CC2. The zero-order valence-corrected chi connectivity index (χ0v) is 15.2. The van der Waals surface area contributed by atoms with Gasteiger partial charge in [-0.1, -0.05) is 13.0 Å². The fourth-order valence-electron chi connectivity index (χ4n) is 4.33. The summed E-state index contributed by atoms with van der Waals surface area (Å²) in [4.78, 5) is 2.17. The summed E-state index contributed by atoms with van der Waals surface area (Å²) in [6.45, 7) is 3.04. The molecular formula is C20H29N5. The summed E-state index contributed by atoms with van der Waals surface area (Å²) in [5, 5.41) is 3.64. The average Bonchev–Trinajstić information content (AvgIpc) is 3.03. The van der Waals surface area contributed by atoms with Gasteiger partial charge in [0.25, 0.3) is 0 Å². The maximum atomic E-state index is 6.38. The number of fused-ring (bicyclic) bond motifs is 1. The van der Waals surface area contributed by atoms with Crippen LogP contribution < -0.4 is 16.8 Å². The molecule has 3 unspecified atom stereocenters. The normalized spacial score (nSPS) is 30.4. The van der Waals surface area contributed by atoms with Gasteiger partial charge in [-0.25, -0.2) is 0 Å². The molecule has 5 nitrogen and oxygen atoms in total. The van der Waals surface area contributed by atoms with E-state index in [1.165, 1.54) is 22.4 Å². The van der Waals surface area contributed by atoms with Crippen molar-refractivity contribution in [3.8, 4) is 0 Å². The van der Waals surface area contributed by atoms with Crippen molar-refractivity contribution in [2.24, 2.45) is 17.4 Å². The minimum absolute atomic E-state index is 0.0716. The molecule has 0 amide bonds. The first-order valence-corrected chi connectivity index (χ1v) is 9.30. The molecule has 2 aliphatic carbocycles. The summed E-state index contributed by atoms with van der Waals surface area (Å²) in [6, 6.07) is 2.27. The van der Waals surface area contributed by atoms with Crippen LogP contribution in [0.4, 0.5) is 0 Å². The Morgan fingerprint density at radius 3 is 2.76 bits per heavy atom. The molecule has 3 atom stereocenters. The first kappa shape index (κ1) is 16.6. The predicted octanol–water partition coefficient (Wildman–Crippen LogP) is 2.29. The van der Waals surface area contributed by atoms with Crippen molar-refractivity contribution in [3.05, 3.63) is 52.5 Å². The quantitative estimate of drug-likeness (QED) is 0.773. The van der Waals surface area contributed by atoms with Crippen LogP contribution in [0.15, 0.2) is 41.3 Å². The zero-order valence-electron chi connectivity index (χ0n) is 15.2. The largest absolute Gasteiger partial charge is 0.399 e. The zero-order chi connectivity index (χ0) is 17.6. The van der Waals surface area contributed by atoms with Gasteiger partial charge in [0.05, 0.1) is 19.0 Å². The first-order valence-electron chi connectivity index (χ1n) is 9.30. The third-order valence-corrected chi connectivity index (χ3v) is 5.96. The molecule has 25 heavy (non-hydrogen) atoms. The average molecular weight is 339 g/mol. The Morgan fingerprint density at radius 2 is 1.96 bits per heavy atom.